The molecule has 0 aliphatic carbocycles. The minimum atomic E-state index is -0.415. The Morgan fingerprint density at radius 3 is 2.58 bits per heavy atom. The third-order valence-electron chi connectivity index (χ3n) is 6.16. The number of amides is 2. The molecule has 0 spiro atoms. The van der Waals surface area contributed by atoms with E-state index in [-0.39, 0.29) is 18.6 Å². The molecule has 0 bridgehead atoms. The lowest BCUT2D eigenvalue weighted by atomic mass is 9.93. The summed E-state index contributed by atoms with van der Waals surface area (Å²) in [5, 5.41) is 11.0. The molecular formula is C24H25Cl2N3O4. The van der Waals surface area contributed by atoms with E-state index < -0.39 is 6.09 Å². The zero-order valence-electron chi connectivity index (χ0n) is 18.5. The van der Waals surface area contributed by atoms with Crippen LogP contribution in [0.1, 0.15) is 47.1 Å². The minimum Gasteiger partial charge on any atom is -0.416 e. The summed E-state index contributed by atoms with van der Waals surface area (Å²) in [7, 11) is 0. The number of hydrogen-bond donors (Lipinski definition) is 1. The van der Waals surface area contributed by atoms with E-state index in [2.05, 4.69) is 11.6 Å². The number of carbonyl (C=O) groups is 2. The van der Waals surface area contributed by atoms with Gasteiger partial charge in [-0.3, -0.25) is 9.78 Å². The molecule has 1 aromatic carbocycles. The number of carbonyl (C=O) groups excluding carboxylic acids is 2. The number of aromatic nitrogens is 1. The van der Waals surface area contributed by atoms with Crippen molar-refractivity contribution in [3.63, 3.8) is 0 Å². The van der Waals surface area contributed by atoms with E-state index in [1.165, 1.54) is 0 Å². The van der Waals surface area contributed by atoms with Crippen LogP contribution in [0.3, 0.4) is 0 Å². The fourth-order valence-electron chi connectivity index (χ4n) is 4.57. The largest absolute Gasteiger partial charge is 0.416 e. The maximum absolute atomic E-state index is 13.6. The second kappa shape index (κ2) is 9.33. The van der Waals surface area contributed by atoms with E-state index in [0.29, 0.717) is 81.9 Å². The molecule has 9 heteroatoms. The minimum absolute atomic E-state index is 0.0352. The molecule has 7 nitrogen and oxygen atoms in total. The lowest BCUT2D eigenvalue weighted by molar-refractivity contribution is 0.0584. The lowest BCUT2D eigenvalue weighted by Gasteiger charge is -2.36. The van der Waals surface area contributed by atoms with Crippen LogP contribution >= 0.6 is 23.2 Å². The van der Waals surface area contributed by atoms with Gasteiger partial charge in [-0.25, -0.2) is 4.79 Å². The first-order valence-electron chi connectivity index (χ1n) is 10.7. The Kier molecular flexibility index (Phi) is 6.66. The molecule has 4 rings (SSSR count). The molecule has 1 aromatic heterocycles. The second-order valence-electron chi connectivity index (χ2n) is 8.38. The highest BCUT2D eigenvalue weighted by Crippen LogP contribution is 2.41. The molecule has 2 amide bonds. The summed E-state index contributed by atoms with van der Waals surface area (Å²) in [5.41, 5.74) is 3.61. The number of halogens is 2. The summed E-state index contributed by atoms with van der Waals surface area (Å²) in [6.07, 6.45) is 0.850. The first-order valence-corrected chi connectivity index (χ1v) is 11.5. The van der Waals surface area contributed by atoms with Crippen molar-refractivity contribution in [1.82, 2.24) is 14.8 Å². The zero-order chi connectivity index (χ0) is 23.9. The number of aliphatic hydroxyl groups is 1. The average Bonchev–Trinajstić information content (AvgIpc) is 3.08. The number of nitrogens with zero attached hydrogens (tertiary/aromatic N) is 3. The van der Waals surface area contributed by atoms with Gasteiger partial charge in [0.25, 0.3) is 5.91 Å². The number of benzene rings is 1. The fourth-order valence-corrected chi connectivity index (χ4v) is 5.08. The smallest absolute Gasteiger partial charge is 0.414 e. The molecule has 174 valence electrons. The van der Waals surface area contributed by atoms with Crippen LogP contribution in [0.15, 0.2) is 30.5 Å². The number of rotatable bonds is 4. The molecule has 0 radical (unpaired) electrons. The van der Waals surface area contributed by atoms with Crippen molar-refractivity contribution in [3.05, 3.63) is 63.1 Å². The normalized spacial score (nSPS) is 16.2. The highest BCUT2D eigenvalue weighted by atomic mass is 35.5. The van der Waals surface area contributed by atoms with E-state index in [0.717, 1.165) is 0 Å². The summed E-state index contributed by atoms with van der Waals surface area (Å²) in [5.74, 6) is 0.206. The van der Waals surface area contributed by atoms with Crippen LogP contribution in [0.2, 0.25) is 10.0 Å². The Morgan fingerprint density at radius 1 is 1.27 bits per heavy atom. The molecule has 1 N–H and O–H groups in total. The van der Waals surface area contributed by atoms with Gasteiger partial charge in [0.2, 0.25) is 0 Å². The summed E-state index contributed by atoms with van der Waals surface area (Å²) < 4.78 is 5.10. The van der Waals surface area contributed by atoms with Crippen LogP contribution in [-0.2, 0) is 17.9 Å². The summed E-state index contributed by atoms with van der Waals surface area (Å²) in [6.45, 7) is 8.13. The van der Waals surface area contributed by atoms with Gasteiger partial charge in [-0.15, -0.1) is 0 Å². The monoisotopic (exact) mass is 489 g/mol. The van der Waals surface area contributed by atoms with Gasteiger partial charge in [-0.05, 0) is 38.8 Å². The first-order chi connectivity index (χ1) is 15.7. The Hall–Kier alpha value is -2.61. The predicted octanol–water partition coefficient (Wildman–Crippen LogP) is 4.95. The molecule has 3 heterocycles. The molecule has 0 saturated carbocycles. The third-order valence-corrected chi connectivity index (χ3v) is 6.71. The Morgan fingerprint density at radius 2 is 1.97 bits per heavy atom. The first kappa shape index (κ1) is 23.5. The van der Waals surface area contributed by atoms with Crippen molar-refractivity contribution < 1.29 is 19.4 Å². The molecule has 0 atom stereocenters. The molecule has 1 fully saturated rings. The van der Waals surface area contributed by atoms with Crippen molar-refractivity contribution in [2.24, 2.45) is 0 Å². The lowest BCUT2D eigenvalue weighted by Crippen LogP contribution is -2.46. The Bertz CT molecular complexity index is 1140. The van der Waals surface area contributed by atoms with Gasteiger partial charge < -0.3 is 19.6 Å². The number of likely N-dealkylation sites (tertiary alicyclic amines) is 1. The van der Waals surface area contributed by atoms with E-state index >= 15 is 0 Å². The molecule has 2 aromatic rings. The third kappa shape index (κ3) is 4.45. The molecule has 1 saturated heterocycles. The topological polar surface area (TPSA) is 83.0 Å². The molecule has 0 unspecified atom stereocenters. The van der Waals surface area contributed by atoms with Gasteiger partial charge in [0, 0.05) is 51.6 Å². The fraction of sp³-hybridized carbons (Fsp3) is 0.375. The quantitative estimate of drug-likeness (QED) is 0.614. The van der Waals surface area contributed by atoms with Gasteiger partial charge in [0.15, 0.2) is 0 Å². The summed E-state index contributed by atoms with van der Waals surface area (Å²) in [4.78, 5) is 33.9. The number of aryl methyl sites for hydroxylation is 1. The zero-order valence-corrected chi connectivity index (χ0v) is 20.0. The van der Waals surface area contributed by atoms with Crippen LogP contribution in [0, 0.1) is 6.92 Å². The number of allylic oxidation sites excluding steroid dienone is 1. The molecule has 2 aliphatic rings. The Balaban J connectivity index is 1.64. The SMILES string of the molecule is C=C(C)OC(=O)N1CCC(N2Cc3nc(C)c(CO)c(-c4ccc(Cl)cc4Cl)c3C2=O)CC1. The van der Waals surface area contributed by atoms with Crippen molar-refractivity contribution in [3.8, 4) is 11.1 Å². The molecule has 2 aliphatic heterocycles. The van der Waals surface area contributed by atoms with E-state index in [4.69, 9.17) is 27.9 Å². The van der Waals surface area contributed by atoms with Crippen LogP contribution in [0.4, 0.5) is 4.79 Å². The van der Waals surface area contributed by atoms with Gasteiger partial charge in [-0.2, -0.15) is 0 Å². The highest BCUT2D eigenvalue weighted by molar-refractivity contribution is 6.36. The van der Waals surface area contributed by atoms with Gasteiger partial charge in [0.05, 0.1) is 30.2 Å². The Labute approximate surface area is 202 Å². The maximum Gasteiger partial charge on any atom is 0.414 e. The number of piperidine rings is 1. The highest BCUT2D eigenvalue weighted by Gasteiger charge is 2.39. The average molecular weight is 490 g/mol. The van der Waals surface area contributed by atoms with E-state index in [1.54, 1.807) is 30.0 Å². The standard InChI is InChI=1S/C24H25Cl2N3O4/c1-13(2)33-24(32)28-8-6-16(7-9-28)29-11-20-22(23(29)31)21(18(12-30)14(3)27-20)17-5-4-15(25)10-19(17)26/h4-5,10,16,30H,1,6-9,11-12H2,2-3H3. The van der Waals surface area contributed by atoms with Crippen LogP contribution in [-0.4, -0.2) is 51.0 Å². The predicted molar refractivity (Wildman–Crippen MR) is 126 cm³/mol. The van der Waals surface area contributed by atoms with Crippen LogP contribution in [0.25, 0.3) is 11.1 Å². The van der Waals surface area contributed by atoms with Gasteiger partial charge in [-0.1, -0.05) is 35.8 Å². The van der Waals surface area contributed by atoms with E-state index in [1.807, 2.05) is 11.8 Å². The van der Waals surface area contributed by atoms with Crippen molar-refractivity contribution in [1.29, 1.82) is 0 Å². The number of aliphatic hydroxyl groups excluding tert-OH is 1. The number of hydrogen-bond acceptors (Lipinski definition) is 5. The molecule has 33 heavy (non-hydrogen) atoms. The maximum atomic E-state index is 13.6. The van der Waals surface area contributed by atoms with Crippen molar-refractivity contribution in [2.45, 2.75) is 45.9 Å². The number of ether oxygens (including phenoxy) is 1. The summed E-state index contributed by atoms with van der Waals surface area (Å²) >= 11 is 12.6. The van der Waals surface area contributed by atoms with Crippen LogP contribution < -0.4 is 0 Å². The number of pyridine rings is 1. The van der Waals surface area contributed by atoms with E-state index in [9.17, 15) is 14.7 Å². The van der Waals surface area contributed by atoms with Gasteiger partial charge >= 0.3 is 6.09 Å². The number of fused-ring (bicyclic) bond motifs is 1. The second-order valence-corrected chi connectivity index (χ2v) is 9.22. The van der Waals surface area contributed by atoms with Crippen LogP contribution in [0.5, 0.6) is 0 Å². The summed E-state index contributed by atoms with van der Waals surface area (Å²) in [6, 6.07) is 5.06. The molecular weight excluding hydrogens is 465 g/mol. The van der Waals surface area contributed by atoms with Crippen molar-refractivity contribution >= 4 is 35.2 Å². The van der Waals surface area contributed by atoms with Gasteiger partial charge in [0.1, 0.15) is 0 Å². The van der Waals surface area contributed by atoms with Crippen molar-refractivity contribution in [2.75, 3.05) is 13.1 Å².